The summed E-state index contributed by atoms with van der Waals surface area (Å²) in [5, 5.41) is 15.2. The maximum absolute atomic E-state index is 13.0. The number of para-hydroxylation sites is 2. The van der Waals surface area contributed by atoms with Gasteiger partial charge in [0.15, 0.2) is 5.82 Å². The van der Waals surface area contributed by atoms with Gasteiger partial charge in [-0.05, 0) is 46.8 Å². The van der Waals surface area contributed by atoms with E-state index in [0.717, 1.165) is 16.7 Å². The fourth-order valence-electron chi connectivity index (χ4n) is 4.30. The summed E-state index contributed by atoms with van der Waals surface area (Å²) in [6.45, 7) is 9.88. The molecule has 4 heterocycles. The topological polar surface area (TPSA) is 126 Å². The van der Waals surface area contributed by atoms with Crippen LogP contribution in [0.2, 0.25) is 0 Å². The number of nitrogens with zero attached hydrogens (tertiary/aromatic N) is 9. The highest BCUT2D eigenvalue weighted by atomic mass is 16.2. The Balaban J connectivity index is 0.000000886. The number of carbonyl (C=O) groups excluding carboxylic acids is 2. The lowest BCUT2D eigenvalue weighted by molar-refractivity contribution is 0.0532. The molecule has 208 valence electrons. The van der Waals surface area contributed by atoms with Crippen LogP contribution in [-0.4, -0.2) is 82.4 Å². The summed E-state index contributed by atoms with van der Waals surface area (Å²) in [6, 6.07) is 14.8. The van der Waals surface area contributed by atoms with Crippen molar-refractivity contribution < 1.29 is 9.59 Å². The van der Waals surface area contributed by atoms with Crippen molar-refractivity contribution >= 4 is 40.0 Å². The van der Waals surface area contributed by atoms with Crippen LogP contribution >= 0.6 is 0 Å². The van der Waals surface area contributed by atoms with Crippen molar-refractivity contribution in [3.8, 4) is 0 Å². The molecule has 1 aliphatic rings. The molecule has 5 aromatic rings. The number of amides is 2. The van der Waals surface area contributed by atoms with E-state index in [-0.39, 0.29) is 11.8 Å². The number of nitrogens with one attached hydrogen (secondary N) is 1. The van der Waals surface area contributed by atoms with E-state index in [4.69, 9.17) is 0 Å². The van der Waals surface area contributed by atoms with Crippen LogP contribution in [0.25, 0.3) is 16.7 Å². The Morgan fingerprint density at radius 3 is 2.15 bits per heavy atom. The third-order valence-corrected chi connectivity index (χ3v) is 6.20. The quantitative estimate of drug-likeness (QED) is 0.363. The molecule has 40 heavy (non-hydrogen) atoms. The molecule has 0 bridgehead atoms. The van der Waals surface area contributed by atoms with Crippen LogP contribution in [-0.2, 0) is 7.05 Å². The number of fused-ring (bicyclic) bond motifs is 3. The third kappa shape index (κ3) is 5.75. The number of imidazole rings is 1. The van der Waals surface area contributed by atoms with Gasteiger partial charge in [0.25, 0.3) is 11.8 Å². The highest BCUT2D eigenvalue weighted by Crippen LogP contribution is 2.23. The van der Waals surface area contributed by atoms with Gasteiger partial charge in [0.2, 0.25) is 5.65 Å². The van der Waals surface area contributed by atoms with Gasteiger partial charge in [-0.25, -0.2) is 9.97 Å². The van der Waals surface area contributed by atoms with Gasteiger partial charge in [-0.15, -0.1) is 5.10 Å². The van der Waals surface area contributed by atoms with Gasteiger partial charge >= 0.3 is 0 Å². The summed E-state index contributed by atoms with van der Waals surface area (Å²) in [5.74, 6) is 0.336. The molecule has 12 heteroatoms. The van der Waals surface area contributed by atoms with Crippen molar-refractivity contribution in [3.63, 3.8) is 0 Å². The van der Waals surface area contributed by atoms with Gasteiger partial charge in [0.1, 0.15) is 5.69 Å². The molecule has 0 saturated carbocycles. The number of hydrogen-bond acceptors (Lipinski definition) is 8. The molecule has 12 nitrogen and oxygen atoms in total. The molecule has 1 N–H and O–H groups in total. The van der Waals surface area contributed by atoms with Crippen molar-refractivity contribution in [2.45, 2.75) is 27.7 Å². The lowest BCUT2D eigenvalue weighted by Crippen LogP contribution is -2.50. The van der Waals surface area contributed by atoms with Gasteiger partial charge in [-0.1, -0.05) is 39.8 Å². The smallest absolute Gasteiger partial charge is 0.274 e. The van der Waals surface area contributed by atoms with Crippen molar-refractivity contribution in [3.05, 3.63) is 72.3 Å². The van der Waals surface area contributed by atoms with Gasteiger partial charge in [-0.2, -0.15) is 4.52 Å². The highest BCUT2D eigenvalue weighted by Gasteiger charge is 2.26. The molecule has 0 atom stereocenters. The zero-order chi connectivity index (χ0) is 28.6. The number of aryl methyl sites for hydroxylation is 1. The van der Waals surface area contributed by atoms with E-state index in [1.165, 1.54) is 0 Å². The zero-order valence-corrected chi connectivity index (χ0v) is 23.4. The van der Waals surface area contributed by atoms with Crippen LogP contribution in [0, 0.1) is 0 Å². The first kappa shape index (κ1) is 28.1. The monoisotopic (exact) mass is 542 g/mol. The van der Waals surface area contributed by atoms with Crippen LogP contribution in [0.1, 0.15) is 48.5 Å². The molecule has 3 aromatic heterocycles. The average molecular weight is 543 g/mol. The van der Waals surface area contributed by atoms with Gasteiger partial charge in [0.05, 0.1) is 17.4 Å². The number of aromatic nitrogens is 7. The van der Waals surface area contributed by atoms with E-state index in [0.29, 0.717) is 48.9 Å². The minimum atomic E-state index is -0.114. The van der Waals surface area contributed by atoms with Crippen molar-refractivity contribution in [1.29, 1.82) is 0 Å². The summed E-state index contributed by atoms with van der Waals surface area (Å²) in [4.78, 5) is 37.9. The molecule has 2 amide bonds. The molecule has 1 fully saturated rings. The molecule has 1 aliphatic heterocycles. The predicted octanol–water partition coefficient (Wildman–Crippen LogP) is 3.80. The van der Waals surface area contributed by atoms with Crippen LogP contribution in [0.5, 0.6) is 0 Å². The lowest BCUT2D eigenvalue weighted by Gasteiger charge is -2.34. The van der Waals surface area contributed by atoms with Gasteiger partial charge < -0.3 is 19.7 Å². The standard InChI is InChI=1S/C24H22N10O2.2C2H6/c1-31-14-19(25-15-31)24(36)33-12-10-32(11-13-33)23(35)16-6-8-17(9-7-16)26-21-22-28-29-30-34(22)20-5-3-2-4-18(20)27-21;2*1-2/h2-9,14-15H,10-13H2,1H3,(H,26,27);2*1-2H3. The molecule has 0 unspecified atom stereocenters. The van der Waals surface area contributed by atoms with Crippen LogP contribution in [0.4, 0.5) is 11.5 Å². The summed E-state index contributed by atoms with van der Waals surface area (Å²) in [5.41, 5.74) is 3.82. The number of piperazine rings is 1. The molecule has 2 aromatic carbocycles. The Labute approximate surface area is 232 Å². The number of carbonyl (C=O) groups is 2. The number of tetrazole rings is 1. The Kier molecular flexibility index (Phi) is 9.00. The third-order valence-electron chi connectivity index (χ3n) is 6.20. The van der Waals surface area contributed by atoms with E-state index in [2.05, 4.69) is 30.8 Å². The van der Waals surface area contributed by atoms with Crippen LogP contribution in [0.3, 0.4) is 0 Å². The van der Waals surface area contributed by atoms with E-state index < -0.39 is 0 Å². The second-order valence-electron chi connectivity index (χ2n) is 8.57. The Morgan fingerprint density at radius 2 is 1.50 bits per heavy atom. The Bertz CT molecular complexity index is 1580. The van der Waals surface area contributed by atoms with Crippen LogP contribution in [0.15, 0.2) is 61.1 Å². The predicted molar refractivity (Wildman–Crippen MR) is 154 cm³/mol. The van der Waals surface area contributed by atoms with Gasteiger partial charge in [0, 0.05) is 50.7 Å². The van der Waals surface area contributed by atoms with E-state index in [9.17, 15) is 9.59 Å². The maximum atomic E-state index is 13.0. The SMILES string of the molecule is CC.CC.Cn1cnc(C(=O)N2CCN(C(=O)c3ccc(Nc4nc5ccccc5n5nnnc45)cc3)CC2)c1. The second-order valence-corrected chi connectivity index (χ2v) is 8.57. The first-order valence-electron chi connectivity index (χ1n) is 13.5. The first-order valence-corrected chi connectivity index (χ1v) is 13.5. The molecular formula is C28H34N10O2. The van der Waals surface area contributed by atoms with Crippen LogP contribution < -0.4 is 5.32 Å². The summed E-state index contributed by atoms with van der Waals surface area (Å²) < 4.78 is 3.38. The molecule has 6 rings (SSSR count). The number of benzene rings is 2. The summed E-state index contributed by atoms with van der Waals surface area (Å²) in [7, 11) is 1.83. The minimum absolute atomic E-state index is 0.0700. The number of hydrogen-bond donors (Lipinski definition) is 1. The average Bonchev–Trinajstić information content (AvgIpc) is 3.69. The van der Waals surface area contributed by atoms with E-state index >= 15 is 0 Å². The number of rotatable bonds is 4. The minimum Gasteiger partial charge on any atom is -0.340 e. The Morgan fingerprint density at radius 1 is 0.850 bits per heavy atom. The molecular weight excluding hydrogens is 508 g/mol. The Hall–Kier alpha value is -4.87. The van der Waals surface area contributed by atoms with Crippen molar-refractivity contribution in [2.24, 2.45) is 7.05 Å². The first-order chi connectivity index (χ1) is 19.6. The van der Waals surface area contributed by atoms with Crippen molar-refractivity contribution in [2.75, 3.05) is 31.5 Å². The van der Waals surface area contributed by atoms with Crippen molar-refractivity contribution in [1.82, 2.24) is 44.4 Å². The van der Waals surface area contributed by atoms with E-state index in [1.54, 1.807) is 43.5 Å². The lowest BCUT2D eigenvalue weighted by atomic mass is 10.1. The second kappa shape index (κ2) is 12.8. The van der Waals surface area contributed by atoms with Gasteiger partial charge in [-0.3, -0.25) is 9.59 Å². The summed E-state index contributed by atoms with van der Waals surface area (Å²) >= 11 is 0. The molecule has 0 spiro atoms. The largest absolute Gasteiger partial charge is 0.340 e. The fraction of sp³-hybridized carbons (Fsp3) is 0.321. The number of anilines is 2. The highest BCUT2D eigenvalue weighted by molar-refractivity contribution is 5.95. The maximum Gasteiger partial charge on any atom is 0.274 e. The zero-order valence-electron chi connectivity index (χ0n) is 23.4. The summed E-state index contributed by atoms with van der Waals surface area (Å²) in [6.07, 6.45) is 3.31. The molecule has 1 saturated heterocycles. The van der Waals surface area contributed by atoms with E-state index in [1.807, 2.05) is 71.1 Å². The fourth-order valence-corrected chi connectivity index (χ4v) is 4.30. The normalized spacial score (nSPS) is 12.8. The molecule has 0 aliphatic carbocycles. The molecule has 0 radical (unpaired) electrons.